The molecule has 0 heterocycles. The van der Waals surface area contributed by atoms with Crippen molar-refractivity contribution in [1.29, 1.82) is 0 Å². The molecule has 0 atom stereocenters. The molecular weight excluding hydrogens is 444 g/mol. The first-order valence-electron chi connectivity index (χ1n) is 10.5. The van der Waals surface area contributed by atoms with Gasteiger partial charge in [-0.05, 0) is 30.2 Å². The lowest BCUT2D eigenvalue weighted by Gasteiger charge is -2.24. The molecule has 0 unspecified atom stereocenters. The smallest absolute Gasteiger partial charge is 0.200 e. The number of hydrogen-bond acceptors (Lipinski definition) is 7. The van der Waals surface area contributed by atoms with Crippen LogP contribution < -0.4 is 16.2 Å². The number of hydrogen-bond donors (Lipinski definition) is 4. The van der Waals surface area contributed by atoms with Crippen molar-refractivity contribution in [2.45, 2.75) is 26.2 Å². The number of aromatic hydroxyl groups is 2. The topological polar surface area (TPSA) is 136 Å². The molecule has 1 aliphatic rings. The highest BCUT2D eigenvalue weighted by atomic mass is 35.5. The first-order valence-corrected chi connectivity index (χ1v) is 10.9. The van der Waals surface area contributed by atoms with Crippen LogP contribution in [0.25, 0.3) is 11.1 Å². The number of nitrogen functional groups attached to an aromatic ring is 2. The lowest BCUT2D eigenvalue weighted by atomic mass is 9.80. The van der Waals surface area contributed by atoms with Crippen LogP contribution in [0.4, 0.5) is 11.4 Å². The number of phenols is 2. The van der Waals surface area contributed by atoms with Crippen molar-refractivity contribution in [2.24, 2.45) is 0 Å². The van der Waals surface area contributed by atoms with Gasteiger partial charge in [-0.15, -0.1) is 0 Å². The molecule has 4 rings (SSSR count). The van der Waals surface area contributed by atoms with Gasteiger partial charge >= 0.3 is 0 Å². The van der Waals surface area contributed by atoms with Gasteiger partial charge in [-0.25, -0.2) is 0 Å². The Balaban J connectivity index is 1.78. The van der Waals surface area contributed by atoms with Crippen LogP contribution in [0.2, 0.25) is 5.02 Å². The number of ketones is 2. The number of halogens is 1. The molecular formula is C25H23ClN2O5. The Kier molecular flexibility index (Phi) is 5.91. The summed E-state index contributed by atoms with van der Waals surface area (Å²) in [5, 5.41) is 21.2. The molecule has 6 N–H and O–H groups in total. The lowest BCUT2D eigenvalue weighted by Crippen LogP contribution is -2.24. The predicted molar refractivity (Wildman–Crippen MR) is 127 cm³/mol. The van der Waals surface area contributed by atoms with Crippen LogP contribution in [0, 0.1) is 0 Å². The Hall–Kier alpha value is -3.71. The highest BCUT2D eigenvalue weighted by molar-refractivity contribution is 6.38. The average Bonchev–Trinajstić information content (AvgIpc) is 2.79. The Bertz CT molecular complexity index is 1290. The minimum absolute atomic E-state index is 0.00499. The molecule has 0 saturated heterocycles. The summed E-state index contributed by atoms with van der Waals surface area (Å²) in [5.74, 6) is -1.66. The summed E-state index contributed by atoms with van der Waals surface area (Å²) in [5.41, 5.74) is 11.8. The molecule has 7 nitrogen and oxygen atoms in total. The van der Waals surface area contributed by atoms with Crippen LogP contribution in [-0.2, 0) is 0 Å². The number of nitrogens with two attached hydrogens (primary N) is 2. The zero-order chi connectivity index (χ0) is 23.9. The second-order valence-electron chi connectivity index (χ2n) is 7.89. The van der Waals surface area contributed by atoms with Gasteiger partial charge in [-0.2, -0.15) is 0 Å². The number of ether oxygens (including phenoxy) is 1. The number of rotatable bonds is 6. The fourth-order valence-corrected chi connectivity index (χ4v) is 4.22. The maximum absolute atomic E-state index is 13.3. The maximum atomic E-state index is 13.3. The van der Waals surface area contributed by atoms with Crippen molar-refractivity contribution in [2.75, 3.05) is 18.1 Å². The summed E-state index contributed by atoms with van der Waals surface area (Å²) in [4.78, 5) is 26.5. The van der Waals surface area contributed by atoms with Gasteiger partial charge < -0.3 is 26.4 Å². The predicted octanol–water partition coefficient (Wildman–Crippen LogP) is 4.93. The third-order valence-electron chi connectivity index (χ3n) is 5.72. The van der Waals surface area contributed by atoms with E-state index in [-0.39, 0.29) is 44.2 Å². The quantitative estimate of drug-likeness (QED) is 0.180. The SMILES string of the molecule is CCCCCOc1ccc(-c2cc(N)c3c(c2O)C(=O)c2c(N)c(Cl)cc(O)c2C3=O)cc1. The maximum Gasteiger partial charge on any atom is 0.200 e. The minimum Gasteiger partial charge on any atom is -0.507 e. The van der Waals surface area contributed by atoms with E-state index in [0.29, 0.717) is 17.9 Å². The molecule has 0 amide bonds. The molecule has 1 aliphatic carbocycles. The summed E-state index contributed by atoms with van der Waals surface area (Å²) in [6, 6.07) is 9.51. The number of anilines is 2. The van der Waals surface area contributed by atoms with Gasteiger partial charge in [0.2, 0.25) is 11.6 Å². The summed E-state index contributed by atoms with van der Waals surface area (Å²) >= 11 is 6.01. The second-order valence-corrected chi connectivity index (χ2v) is 8.30. The van der Waals surface area contributed by atoms with Crippen LogP contribution in [0.1, 0.15) is 58.0 Å². The van der Waals surface area contributed by atoms with E-state index in [9.17, 15) is 19.8 Å². The van der Waals surface area contributed by atoms with Gasteiger partial charge in [-0.1, -0.05) is 43.5 Å². The number of carbonyl (C=O) groups excluding carboxylic acids is 2. The average molecular weight is 467 g/mol. The van der Waals surface area contributed by atoms with Crippen molar-refractivity contribution in [3.8, 4) is 28.4 Å². The standard InChI is InChI=1S/C25H23ClN2O5/c1-2-3-4-9-33-13-7-5-12(6-8-13)14-10-16(27)18-21(23(14)30)25(32)20-19(24(18)31)17(29)11-15(26)22(20)28/h5-8,10-11,29-30H,2-4,9,27-28H2,1H3. The third-order valence-corrected chi connectivity index (χ3v) is 6.03. The van der Waals surface area contributed by atoms with Crippen molar-refractivity contribution in [3.63, 3.8) is 0 Å². The number of carbonyl (C=O) groups is 2. The van der Waals surface area contributed by atoms with Gasteiger partial charge in [0.25, 0.3) is 0 Å². The Morgan fingerprint density at radius 3 is 2.24 bits per heavy atom. The first kappa shape index (κ1) is 22.5. The van der Waals surface area contributed by atoms with Crippen LogP contribution in [0.5, 0.6) is 17.2 Å². The normalized spacial score (nSPS) is 12.4. The molecule has 0 fully saturated rings. The van der Waals surface area contributed by atoms with E-state index in [0.717, 1.165) is 25.3 Å². The van der Waals surface area contributed by atoms with E-state index in [1.54, 1.807) is 24.3 Å². The van der Waals surface area contributed by atoms with Gasteiger partial charge in [0, 0.05) is 17.3 Å². The molecule has 170 valence electrons. The summed E-state index contributed by atoms with van der Waals surface area (Å²) in [7, 11) is 0. The van der Waals surface area contributed by atoms with Crippen molar-refractivity contribution >= 4 is 34.5 Å². The van der Waals surface area contributed by atoms with E-state index < -0.39 is 23.1 Å². The van der Waals surface area contributed by atoms with Crippen LogP contribution >= 0.6 is 11.6 Å². The Labute approximate surface area is 195 Å². The number of benzene rings is 3. The van der Waals surface area contributed by atoms with E-state index in [1.807, 2.05) is 0 Å². The van der Waals surface area contributed by atoms with Crippen LogP contribution in [0.15, 0.2) is 36.4 Å². The molecule has 0 spiro atoms. The molecule has 33 heavy (non-hydrogen) atoms. The van der Waals surface area contributed by atoms with Crippen molar-refractivity contribution in [3.05, 3.63) is 63.7 Å². The molecule has 0 aromatic heterocycles. The van der Waals surface area contributed by atoms with E-state index in [1.165, 1.54) is 6.07 Å². The van der Waals surface area contributed by atoms with Gasteiger partial charge in [-0.3, -0.25) is 9.59 Å². The van der Waals surface area contributed by atoms with E-state index >= 15 is 0 Å². The summed E-state index contributed by atoms with van der Waals surface area (Å²) in [6.07, 6.45) is 3.15. The number of phenolic OH excluding ortho intramolecular Hbond substituents is 2. The van der Waals surface area contributed by atoms with E-state index in [2.05, 4.69) is 6.92 Å². The summed E-state index contributed by atoms with van der Waals surface area (Å²) < 4.78 is 5.71. The Morgan fingerprint density at radius 1 is 0.909 bits per heavy atom. The molecule has 0 radical (unpaired) electrons. The highest BCUT2D eigenvalue weighted by Gasteiger charge is 2.39. The largest absolute Gasteiger partial charge is 0.507 e. The molecule has 0 bridgehead atoms. The fraction of sp³-hybridized carbons (Fsp3) is 0.200. The third kappa shape index (κ3) is 3.74. The van der Waals surface area contributed by atoms with Crippen molar-refractivity contribution in [1.82, 2.24) is 0 Å². The highest BCUT2D eigenvalue weighted by Crippen LogP contribution is 2.46. The van der Waals surface area contributed by atoms with Crippen LogP contribution in [0.3, 0.4) is 0 Å². The molecule has 8 heteroatoms. The van der Waals surface area contributed by atoms with Crippen LogP contribution in [-0.4, -0.2) is 28.4 Å². The second kappa shape index (κ2) is 8.67. The molecule has 3 aromatic carbocycles. The van der Waals surface area contributed by atoms with Gasteiger partial charge in [0.05, 0.1) is 39.6 Å². The zero-order valence-corrected chi connectivity index (χ0v) is 18.7. The zero-order valence-electron chi connectivity index (χ0n) is 17.9. The fourth-order valence-electron chi connectivity index (χ4n) is 4.02. The molecule has 0 aliphatic heterocycles. The molecule has 0 saturated carbocycles. The van der Waals surface area contributed by atoms with Gasteiger partial charge in [0.1, 0.15) is 17.2 Å². The lowest BCUT2D eigenvalue weighted by molar-refractivity contribution is 0.0975. The number of unbranched alkanes of at least 4 members (excludes halogenated alkanes) is 2. The minimum atomic E-state index is -0.739. The monoisotopic (exact) mass is 466 g/mol. The van der Waals surface area contributed by atoms with Crippen molar-refractivity contribution < 1.29 is 24.5 Å². The first-order chi connectivity index (χ1) is 15.8. The van der Waals surface area contributed by atoms with E-state index in [4.69, 9.17) is 27.8 Å². The Morgan fingerprint density at radius 2 is 1.58 bits per heavy atom. The number of fused-ring (bicyclic) bond motifs is 2. The molecule has 3 aromatic rings. The van der Waals surface area contributed by atoms with Gasteiger partial charge in [0.15, 0.2) is 0 Å². The summed E-state index contributed by atoms with van der Waals surface area (Å²) in [6.45, 7) is 2.73.